The third kappa shape index (κ3) is 12.0. The van der Waals surface area contributed by atoms with Crippen LogP contribution in [0.3, 0.4) is 0 Å². The fraction of sp³-hybridized carbons (Fsp3) is 0.545. The van der Waals surface area contributed by atoms with Crippen molar-refractivity contribution in [2.24, 2.45) is 5.73 Å². The zero-order chi connectivity index (χ0) is 23.9. The summed E-state index contributed by atoms with van der Waals surface area (Å²) < 4.78 is 5.89. The maximum atomic E-state index is 12.1. The summed E-state index contributed by atoms with van der Waals surface area (Å²) >= 11 is 2.25. The first-order valence-corrected chi connectivity index (χ1v) is 11.7. The minimum Gasteiger partial charge on any atom is -0.481 e. The lowest BCUT2D eigenvalue weighted by molar-refractivity contribution is -0.145. The maximum absolute atomic E-state index is 12.1. The van der Waals surface area contributed by atoms with Gasteiger partial charge in [0, 0.05) is 23.0 Å². The first kappa shape index (κ1) is 27.8. The summed E-state index contributed by atoms with van der Waals surface area (Å²) in [5, 5.41) is 14.1. The standard InChI is InChI=1S/C22H32IN3O6/c1-32-22(31)18(26-21(30)17(24)12-13-20(28)29)6-2-3-14-25-19(27)7-4-5-15-8-10-16(23)11-9-15/h8-11,17-18H,2-7,12-14,24H2,1H3,(H,25,27)(H,26,30)(H,28,29). The molecule has 178 valence electrons. The second-order valence-corrected chi connectivity index (χ2v) is 8.69. The van der Waals surface area contributed by atoms with E-state index in [0.29, 0.717) is 32.2 Å². The first-order valence-electron chi connectivity index (χ1n) is 10.6. The highest BCUT2D eigenvalue weighted by Gasteiger charge is 2.24. The highest BCUT2D eigenvalue weighted by Crippen LogP contribution is 2.10. The molecular weight excluding hydrogens is 529 g/mol. The molecular formula is C22H32IN3O6. The summed E-state index contributed by atoms with van der Waals surface area (Å²) in [6.07, 6.45) is 3.34. The van der Waals surface area contributed by atoms with Crippen molar-refractivity contribution in [2.75, 3.05) is 13.7 Å². The molecule has 0 radical (unpaired) electrons. The summed E-state index contributed by atoms with van der Waals surface area (Å²) in [4.78, 5) is 46.6. The number of halogens is 1. The van der Waals surface area contributed by atoms with Crippen LogP contribution in [0.5, 0.6) is 0 Å². The molecule has 0 saturated carbocycles. The van der Waals surface area contributed by atoms with Gasteiger partial charge in [-0.25, -0.2) is 4.79 Å². The molecule has 0 fully saturated rings. The second kappa shape index (κ2) is 15.6. The number of ether oxygens (including phenoxy) is 1. The molecule has 0 heterocycles. The minimum atomic E-state index is -1.05. The van der Waals surface area contributed by atoms with E-state index >= 15 is 0 Å². The third-order valence-corrected chi connectivity index (χ3v) is 5.55. The summed E-state index contributed by atoms with van der Waals surface area (Å²) in [5.41, 5.74) is 6.88. The van der Waals surface area contributed by atoms with E-state index in [0.717, 1.165) is 12.8 Å². The molecule has 2 amide bonds. The van der Waals surface area contributed by atoms with Gasteiger partial charge in [-0.3, -0.25) is 14.4 Å². The van der Waals surface area contributed by atoms with Crippen LogP contribution >= 0.6 is 22.6 Å². The van der Waals surface area contributed by atoms with E-state index in [4.69, 9.17) is 15.6 Å². The molecule has 2 unspecified atom stereocenters. The van der Waals surface area contributed by atoms with Crippen molar-refractivity contribution in [2.45, 2.75) is 63.5 Å². The van der Waals surface area contributed by atoms with E-state index in [-0.39, 0.29) is 18.7 Å². The number of amides is 2. The molecule has 0 saturated heterocycles. The van der Waals surface area contributed by atoms with Crippen molar-refractivity contribution in [1.82, 2.24) is 10.6 Å². The molecule has 1 aromatic rings. The predicted octanol–water partition coefficient (Wildman–Crippen LogP) is 1.75. The number of esters is 1. The Morgan fingerprint density at radius 3 is 2.38 bits per heavy atom. The highest BCUT2D eigenvalue weighted by molar-refractivity contribution is 14.1. The van der Waals surface area contributed by atoms with Gasteiger partial charge in [-0.15, -0.1) is 0 Å². The van der Waals surface area contributed by atoms with Gasteiger partial charge < -0.3 is 26.2 Å². The molecule has 5 N–H and O–H groups in total. The molecule has 0 aliphatic heterocycles. The fourth-order valence-corrected chi connectivity index (χ4v) is 3.33. The van der Waals surface area contributed by atoms with Crippen LogP contribution in [-0.2, 0) is 30.3 Å². The van der Waals surface area contributed by atoms with Gasteiger partial charge in [-0.1, -0.05) is 12.1 Å². The van der Waals surface area contributed by atoms with Gasteiger partial charge >= 0.3 is 11.9 Å². The minimum absolute atomic E-state index is 0.0160. The number of hydrogen-bond donors (Lipinski definition) is 4. The van der Waals surface area contributed by atoms with Crippen LogP contribution in [0.4, 0.5) is 0 Å². The lowest BCUT2D eigenvalue weighted by Crippen LogP contribution is -2.48. The van der Waals surface area contributed by atoms with Crippen LogP contribution in [0.25, 0.3) is 0 Å². The zero-order valence-corrected chi connectivity index (χ0v) is 20.4. The third-order valence-electron chi connectivity index (χ3n) is 4.83. The van der Waals surface area contributed by atoms with Crippen LogP contribution in [0, 0.1) is 3.57 Å². The van der Waals surface area contributed by atoms with E-state index in [1.54, 1.807) is 0 Å². The molecule has 0 aliphatic rings. The Labute approximate surface area is 202 Å². The van der Waals surface area contributed by atoms with Crippen LogP contribution in [-0.4, -0.2) is 54.6 Å². The Bertz CT molecular complexity index is 757. The number of hydrogen-bond acceptors (Lipinski definition) is 6. The SMILES string of the molecule is COC(=O)C(CCCCNC(=O)CCCc1ccc(I)cc1)NC(=O)C(N)CCC(=O)O. The van der Waals surface area contributed by atoms with Gasteiger partial charge in [0.05, 0.1) is 13.2 Å². The zero-order valence-electron chi connectivity index (χ0n) is 18.3. The summed E-state index contributed by atoms with van der Waals surface area (Å²) in [7, 11) is 1.22. The topological polar surface area (TPSA) is 148 Å². The maximum Gasteiger partial charge on any atom is 0.328 e. The average Bonchev–Trinajstić information content (AvgIpc) is 2.76. The number of carbonyl (C=O) groups is 4. The van der Waals surface area contributed by atoms with Crippen molar-refractivity contribution >= 4 is 46.3 Å². The van der Waals surface area contributed by atoms with Crippen molar-refractivity contribution in [3.63, 3.8) is 0 Å². The highest BCUT2D eigenvalue weighted by atomic mass is 127. The van der Waals surface area contributed by atoms with Crippen molar-refractivity contribution in [1.29, 1.82) is 0 Å². The number of methoxy groups -OCH3 is 1. The summed E-state index contributed by atoms with van der Waals surface area (Å²) in [5.74, 6) is -2.25. The van der Waals surface area contributed by atoms with Gasteiger partial charge in [0.25, 0.3) is 0 Å². The number of carboxylic acid groups (broad SMARTS) is 1. The van der Waals surface area contributed by atoms with Crippen molar-refractivity contribution < 1.29 is 29.0 Å². The van der Waals surface area contributed by atoms with Crippen molar-refractivity contribution in [3.05, 3.63) is 33.4 Å². The predicted molar refractivity (Wildman–Crippen MR) is 128 cm³/mol. The molecule has 2 atom stereocenters. The van der Waals surface area contributed by atoms with Gasteiger partial charge in [-0.2, -0.15) is 0 Å². The molecule has 1 aromatic carbocycles. The number of aliphatic carboxylic acids is 1. The van der Waals surface area contributed by atoms with E-state index in [2.05, 4.69) is 45.4 Å². The molecule has 0 aromatic heterocycles. The summed E-state index contributed by atoms with van der Waals surface area (Å²) in [6.45, 7) is 0.475. The quantitative estimate of drug-likeness (QED) is 0.145. The Hall–Kier alpha value is -2.21. The molecule has 10 heteroatoms. The molecule has 0 aliphatic carbocycles. The van der Waals surface area contributed by atoms with Crippen LogP contribution in [0.2, 0.25) is 0 Å². The molecule has 1 rings (SSSR count). The number of carboxylic acids is 1. The monoisotopic (exact) mass is 561 g/mol. The Kier molecular flexibility index (Phi) is 13.5. The lowest BCUT2D eigenvalue weighted by atomic mass is 10.1. The van der Waals surface area contributed by atoms with Crippen LogP contribution in [0.15, 0.2) is 24.3 Å². The number of benzene rings is 1. The van der Waals surface area contributed by atoms with E-state index < -0.39 is 29.9 Å². The smallest absolute Gasteiger partial charge is 0.328 e. The number of rotatable bonds is 15. The number of unbranched alkanes of at least 4 members (excludes halogenated alkanes) is 1. The normalized spacial score (nSPS) is 12.5. The second-order valence-electron chi connectivity index (χ2n) is 7.45. The average molecular weight is 561 g/mol. The first-order chi connectivity index (χ1) is 15.2. The molecule has 9 nitrogen and oxygen atoms in total. The van der Waals surface area contributed by atoms with Crippen LogP contribution in [0.1, 0.15) is 50.5 Å². The van der Waals surface area contributed by atoms with Gasteiger partial charge in [0.15, 0.2) is 0 Å². The van der Waals surface area contributed by atoms with Gasteiger partial charge in [0.1, 0.15) is 6.04 Å². The number of aryl methyl sites for hydroxylation is 1. The van der Waals surface area contributed by atoms with E-state index in [9.17, 15) is 19.2 Å². The van der Waals surface area contributed by atoms with Gasteiger partial charge in [0.2, 0.25) is 11.8 Å². The van der Waals surface area contributed by atoms with Gasteiger partial charge in [-0.05, 0) is 78.8 Å². The van der Waals surface area contributed by atoms with E-state index in [1.807, 2.05) is 12.1 Å². The van der Waals surface area contributed by atoms with Crippen molar-refractivity contribution in [3.8, 4) is 0 Å². The van der Waals surface area contributed by atoms with Crippen LogP contribution < -0.4 is 16.4 Å². The van der Waals surface area contributed by atoms with E-state index in [1.165, 1.54) is 16.2 Å². The number of carbonyl (C=O) groups excluding carboxylic acids is 3. The summed E-state index contributed by atoms with van der Waals surface area (Å²) in [6, 6.07) is 6.34. The Morgan fingerprint density at radius 2 is 1.75 bits per heavy atom. The molecule has 0 spiro atoms. The molecule has 0 bridgehead atoms. The Balaban J connectivity index is 2.26. The number of nitrogens with two attached hydrogens (primary N) is 1. The Morgan fingerprint density at radius 1 is 1.06 bits per heavy atom. The number of nitrogens with one attached hydrogen (secondary N) is 2. The lowest BCUT2D eigenvalue weighted by Gasteiger charge is -2.19. The molecule has 32 heavy (non-hydrogen) atoms. The fourth-order valence-electron chi connectivity index (χ4n) is 2.97. The largest absolute Gasteiger partial charge is 0.481 e.